The normalized spacial score (nSPS) is 11.2. The fourth-order valence-electron chi connectivity index (χ4n) is 2.25. The van der Waals surface area contributed by atoms with Gasteiger partial charge >= 0.3 is 0 Å². The van der Waals surface area contributed by atoms with E-state index in [1.165, 1.54) is 14.2 Å². The largest absolute Gasteiger partial charge is 0.507 e. The molecule has 0 aliphatic heterocycles. The van der Waals surface area contributed by atoms with Crippen molar-refractivity contribution in [3.8, 4) is 11.5 Å². The molecule has 0 atom stereocenters. The number of aromatic nitrogens is 1. The summed E-state index contributed by atoms with van der Waals surface area (Å²) in [4.78, 5) is 8.74. The van der Waals surface area contributed by atoms with Gasteiger partial charge < -0.3 is 14.6 Å². The number of aryl methyl sites for hydroxylation is 1. The Kier molecular flexibility index (Phi) is 5.36. The minimum atomic E-state index is 0.0459. The average molecular weight is 312 g/mol. The van der Waals surface area contributed by atoms with E-state index in [1.807, 2.05) is 19.1 Å². The van der Waals surface area contributed by atoms with Crippen LogP contribution in [0.2, 0.25) is 0 Å². The monoisotopic (exact) mass is 312 g/mol. The molecule has 0 aliphatic carbocycles. The number of phenols is 1. The van der Waals surface area contributed by atoms with Gasteiger partial charge in [-0.1, -0.05) is 18.7 Å². The SMILES string of the molecule is C=C(CN=C(OC)c1c(O)cccc1OC)c1ncccc1C. The Labute approximate surface area is 135 Å². The van der Waals surface area contributed by atoms with Gasteiger partial charge in [-0.15, -0.1) is 0 Å². The van der Waals surface area contributed by atoms with E-state index in [2.05, 4.69) is 16.6 Å². The third-order valence-corrected chi connectivity index (χ3v) is 3.39. The van der Waals surface area contributed by atoms with Gasteiger partial charge in [0.05, 0.1) is 26.5 Å². The van der Waals surface area contributed by atoms with Crippen molar-refractivity contribution in [2.75, 3.05) is 20.8 Å². The molecule has 5 nitrogen and oxygen atoms in total. The molecule has 2 rings (SSSR count). The molecule has 0 radical (unpaired) electrons. The topological polar surface area (TPSA) is 63.9 Å². The van der Waals surface area contributed by atoms with E-state index < -0.39 is 0 Å². The molecule has 120 valence electrons. The summed E-state index contributed by atoms with van der Waals surface area (Å²) in [6.07, 6.45) is 1.72. The summed E-state index contributed by atoms with van der Waals surface area (Å²) in [5.74, 6) is 0.824. The number of benzene rings is 1. The highest BCUT2D eigenvalue weighted by Gasteiger charge is 2.16. The maximum absolute atomic E-state index is 10.1. The Hall–Kier alpha value is -2.82. The number of rotatable bonds is 5. The maximum atomic E-state index is 10.1. The van der Waals surface area contributed by atoms with E-state index in [9.17, 15) is 5.11 Å². The average Bonchev–Trinajstić information content (AvgIpc) is 2.56. The summed E-state index contributed by atoms with van der Waals surface area (Å²) in [5.41, 5.74) is 3.04. The first kappa shape index (κ1) is 16.5. The number of hydrogen-bond acceptors (Lipinski definition) is 5. The smallest absolute Gasteiger partial charge is 0.223 e. The van der Waals surface area contributed by atoms with Crippen LogP contribution in [0.15, 0.2) is 48.1 Å². The summed E-state index contributed by atoms with van der Waals surface area (Å²) >= 11 is 0. The Bertz CT molecular complexity index is 739. The molecule has 0 unspecified atom stereocenters. The summed E-state index contributed by atoms with van der Waals surface area (Å²) in [7, 11) is 3.03. The van der Waals surface area contributed by atoms with Crippen molar-refractivity contribution in [3.05, 3.63) is 59.9 Å². The van der Waals surface area contributed by atoms with Crippen molar-refractivity contribution in [2.24, 2.45) is 4.99 Å². The molecule has 1 heterocycles. The lowest BCUT2D eigenvalue weighted by atomic mass is 10.1. The van der Waals surface area contributed by atoms with Crippen LogP contribution in [0.4, 0.5) is 0 Å². The third-order valence-electron chi connectivity index (χ3n) is 3.39. The lowest BCUT2D eigenvalue weighted by Gasteiger charge is -2.12. The van der Waals surface area contributed by atoms with Crippen molar-refractivity contribution in [2.45, 2.75) is 6.92 Å². The number of aromatic hydroxyl groups is 1. The number of hydrogen-bond donors (Lipinski definition) is 1. The van der Waals surface area contributed by atoms with Crippen LogP contribution in [0.3, 0.4) is 0 Å². The highest BCUT2D eigenvalue weighted by Crippen LogP contribution is 2.28. The minimum absolute atomic E-state index is 0.0459. The molecule has 0 aliphatic rings. The highest BCUT2D eigenvalue weighted by molar-refractivity contribution is 5.99. The third kappa shape index (κ3) is 3.69. The van der Waals surface area contributed by atoms with Crippen molar-refractivity contribution < 1.29 is 14.6 Å². The molecule has 1 aromatic carbocycles. The summed E-state index contributed by atoms with van der Waals surface area (Å²) < 4.78 is 10.6. The number of methoxy groups -OCH3 is 2. The molecular weight excluding hydrogens is 292 g/mol. The highest BCUT2D eigenvalue weighted by atomic mass is 16.5. The van der Waals surface area contributed by atoms with Crippen LogP contribution in [-0.2, 0) is 4.74 Å². The van der Waals surface area contributed by atoms with Crippen LogP contribution in [-0.4, -0.2) is 36.8 Å². The van der Waals surface area contributed by atoms with E-state index in [0.717, 1.165) is 16.8 Å². The number of aliphatic imine (C=N–C) groups is 1. The van der Waals surface area contributed by atoms with Crippen LogP contribution in [0.5, 0.6) is 11.5 Å². The zero-order valence-corrected chi connectivity index (χ0v) is 13.5. The molecule has 0 fully saturated rings. The fourth-order valence-corrected chi connectivity index (χ4v) is 2.25. The van der Waals surface area contributed by atoms with Crippen molar-refractivity contribution in [1.29, 1.82) is 0 Å². The molecule has 1 aromatic heterocycles. The molecule has 0 spiro atoms. The first-order chi connectivity index (χ1) is 11.1. The van der Waals surface area contributed by atoms with Crippen molar-refractivity contribution in [1.82, 2.24) is 4.98 Å². The van der Waals surface area contributed by atoms with E-state index in [0.29, 0.717) is 17.9 Å². The molecule has 0 saturated carbocycles. The van der Waals surface area contributed by atoms with Crippen LogP contribution >= 0.6 is 0 Å². The van der Waals surface area contributed by atoms with Gasteiger partial charge in [0.25, 0.3) is 0 Å². The Morgan fingerprint density at radius 1 is 1.26 bits per heavy atom. The quantitative estimate of drug-likeness (QED) is 0.680. The first-order valence-electron chi connectivity index (χ1n) is 7.13. The second-order valence-electron chi connectivity index (χ2n) is 4.95. The van der Waals surface area contributed by atoms with Gasteiger partial charge in [0, 0.05) is 6.20 Å². The number of pyridine rings is 1. The zero-order chi connectivity index (χ0) is 16.8. The molecule has 1 N–H and O–H groups in total. The molecule has 0 bridgehead atoms. The van der Waals surface area contributed by atoms with Crippen LogP contribution in [0.25, 0.3) is 5.57 Å². The lowest BCUT2D eigenvalue weighted by Crippen LogP contribution is -2.08. The maximum Gasteiger partial charge on any atom is 0.223 e. The summed E-state index contributed by atoms with van der Waals surface area (Å²) in [5, 5.41) is 10.1. The first-order valence-corrected chi connectivity index (χ1v) is 7.13. The fraction of sp³-hybridized carbons (Fsp3) is 0.222. The number of ether oxygens (including phenoxy) is 2. The van der Waals surface area contributed by atoms with Gasteiger partial charge in [-0.3, -0.25) is 4.98 Å². The van der Waals surface area contributed by atoms with Gasteiger partial charge in [-0.2, -0.15) is 0 Å². The predicted molar refractivity (Wildman–Crippen MR) is 91.1 cm³/mol. The van der Waals surface area contributed by atoms with E-state index in [4.69, 9.17) is 9.47 Å². The van der Waals surface area contributed by atoms with Gasteiger partial charge in [0.15, 0.2) is 0 Å². The minimum Gasteiger partial charge on any atom is -0.507 e. The van der Waals surface area contributed by atoms with E-state index >= 15 is 0 Å². The predicted octanol–water partition coefficient (Wildman–Crippen LogP) is 3.21. The molecule has 2 aromatic rings. The molecule has 0 saturated heterocycles. The van der Waals surface area contributed by atoms with Gasteiger partial charge in [-0.25, -0.2) is 4.99 Å². The van der Waals surface area contributed by atoms with E-state index in [-0.39, 0.29) is 11.6 Å². The Balaban J connectivity index is 2.30. The Morgan fingerprint density at radius 3 is 2.70 bits per heavy atom. The van der Waals surface area contributed by atoms with E-state index in [1.54, 1.807) is 24.4 Å². The summed E-state index contributed by atoms with van der Waals surface area (Å²) in [6, 6.07) is 8.84. The van der Waals surface area contributed by atoms with Crippen molar-refractivity contribution in [3.63, 3.8) is 0 Å². The standard InChI is InChI=1S/C18H20N2O3/c1-12-7-6-10-19-17(12)13(2)11-20-18(23-4)16-14(21)8-5-9-15(16)22-3/h5-10,21H,2,11H2,1,3-4H3. The molecule has 5 heteroatoms. The van der Waals surface area contributed by atoms with Gasteiger partial charge in [-0.05, 0) is 36.3 Å². The van der Waals surface area contributed by atoms with Crippen LogP contribution in [0.1, 0.15) is 16.8 Å². The van der Waals surface area contributed by atoms with Crippen LogP contribution in [0, 0.1) is 6.92 Å². The molecule has 23 heavy (non-hydrogen) atoms. The second kappa shape index (κ2) is 7.45. The number of phenolic OH excluding ortho intramolecular Hbond substituents is 1. The van der Waals surface area contributed by atoms with Gasteiger partial charge in [0.1, 0.15) is 17.1 Å². The number of nitrogens with zero attached hydrogens (tertiary/aromatic N) is 2. The summed E-state index contributed by atoms with van der Waals surface area (Å²) in [6.45, 7) is 6.31. The molecular formula is C18H20N2O3. The van der Waals surface area contributed by atoms with Gasteiger partial charge in [0.2, 0.25) is 5.90 Å². The lowest BCUT2D eigenvalue weighted by molar-refractivity contribution is 0.381. The second-order valence-corrected chi connectivity index (χ2v) is 4.95. The van der Waals surface area contributed by atoms with Crippen LogP contribution < -0.4 is 4.74 Å². The Morgan fingerprint density at radius 2 is 2.04 bits per heavy atom. The zero-order valence-electron chi connectivity index (χ0n) is 13.5. The van der Waals surface area contributed by atoms with Crippen molar-refractivity contribution >= 4 is 11.5 Å². The molecule has 0 amide bonds.